The van der Waals surface area contributed by atoms with Crippen molar-refractivity contribution in [2.75, 3.05) is 6.54 Å². The van der Waals surface area contributed by atoms with Crippen LogP contribution in [0.2, 0.25) is 0 Å². The number of fused-ring (bicyclic) bond motifs is 1. The Kier molecular flexibility index (Phi) is 10.7. The van der Waals surface area contributed by atoms with Crippen LogP contribution in [0.4, 0.5) is 0 Å². The maximum absolute atomic E-state index is 11.8. The lowest BCUT2D eigenvalue weighted by Crippen LogP contribution is -2.23. The zero-order valence-electron chi connectivity index (χ0n) is 19.1. The lowest BCUT2D eigenvalue weighted by atomic mass is 9.89. The van der Waals surface area contributed by atoms with Gasteiger partial charge in [0.1, 0.15) is 0 Å². The molecule has 0 saturated heterocycles. The maximum Gasteiger partial charge on any atom is 0.220 e. The lowest BCUT2D eigenvalue weighted by Gasteiger charge is -2.19. The molecule has 0 aromatic heterocycles. The van der Waals surface area contributed by atoms with E-state index >= 15 is 0 Å². The third-order valence-corrected chi connectivity index (χ3v) is 6.72. The number of allylic oxidation sites excluding steroid dienone is 2. The van der Waals surface area contributed by atoms with Crippen molar-refractivity contribution in [3.05, 3.63) is 23.8 Å². The number of aliphatic hydroxyl groups is 2. The fourth-order valence-electron chi connectivity index (χ4n) is 4.82. The van der Waals surface area contributed by atoms with E-state index < -0.39 is 6.10 Å². The first-order valence-electron chi connectivity index (χ1n) is 11.8. The van der Waals surface area contributed by atoms with Crippen LogP contribution in [0.1, 0.15) is 78.6 Å². The van der Waals surface area contributed by atoms with Gasteiger partial charge in [-0.1, -0.05) is 44.1 Å². The molecule has 0 bridgehead atoms. The summed E-state index contributed by atoms with van der Waals surface area (Å²) in [5.74, 6) is 7.31. The van der Waals surface area contributed by atoms with Crippen LogP contribution >= 0.6 is 0 Å². The van der Waals surface area contributed by atoms with Gasteiger partial charge in [-0.3, -0.25) is 4.79 Å². The lowest BCUT2D eigenvalue weighted by molar-refractivity contribution is -0.121. The minimum atomic E-state index is -0.517. The predicted octanol–water partition coefficient (Wildman–Crippen LogP) is 4.37. The minimum Gasteiger partial charge on any atom is -0.392 e. The van der Waals surface area contributed by atoms with Gasteiger partial charge in [0.05, 0.1) is 12.2 Å². The molecule has 2 fully saturated rings. The Hall–Kier alpha value is -1.57. The highest BCUT2D eigenvalue weighted by molar-refractivity contribution is 5.75. The fraction of sp³-hybridized carbons (Fsp3) is 0.731. The molecule has 0 heterocycles. The number of aliphatic hydroxyl groups excluding tert-OH is 2. The van der Waals surface area contributed by atoms with E-state index in [0.717, 1.165) is 51.5 Å². The average molecular weight is 416 g/mol. The van der Waals surface area contributed by atoms with Crippen molar-refractivity contribution in [1.29, 1.82) is 0 Å². The van der Waals surface area contributed by atoms with Crippen molar-refractivity contribution in [3.63, 3.8) is 0 Å². The number of hydrogen-bond donors (Lipinski definition) is 3. The molecule has 0 spiro atoms. The first-order valence-corrected chi connectivity index (χ1v) is 11.8. The van der Waals surface area contributed by atoms with E-state index in [1.54, 1.807) is 0 Å². The van der Waals surface area contributed by atoms with Gasteiger partial charge in [0.2, 0.25) is 5.91 Å². The maximum atomic E-state index is 11.8. The molecular formula is C26H41NO3. The van der Waals surface area contributed by atoms with Gasteiger partial charge < -0.3 is 15.5 Å². The molecular weight excluding hydrogens is 374 g/mol. The highest BCUT2D eigenvalue weighted by Crippen LogP contribution is 2.50. The summed E-state index contributed by atoms with van der Waals surface area (Å²) in [5.41, 5.74) is 1.48. The van der Waals surface area contributed by atoms with E-state index in [-0.39, 0.29) is 23.8 Å². The molecule has 0 radical (unpaired) electrons. The van der Waals surface area contributed by atoms with Crippen molar-refractivity contribution in [2.24, 2.45) is 23.7 Å². The summed E-state index contributed by atoms with van der Waals surface area (Å²) in [7, 11) is 0. The van der Waals surface area contributed by atoms with Crippen molar-refractivity contribution in [3.8, 4) is 11.8 Å². The number of hydrogen-bond acceptors (Lipinski definition) is 3. The number of amides is 1. The molecule has 6 atom stereocenters. The van der Waals surface area contributed by atoms with E-state index in [2.05, 4.69) is 36.2 Å². The van der Waals surface area contributed by atoms with Gasteiger partial charge in [0.25, 0.3) is 0 Å². The van der Waals surface area contributed by atoms with Gasteiger partial charge in [0, 0.05) is 25.3 Å². The Morgan fingerprint density at radius 2 is 2.13 bits per heavy atom. The smallest absolute Gasteiger partial charge is 0.220 e. The summed E-state index contributed by atoms with van der Waals surface area (Å²) in [6.07, 6.45) is 13.7. The third kappa shape index (κ3) is 7.60. The van der Waals surface area contributed by atoms with Crippen LogP contribution < -0.4 is 5.32 Å². The molecule has 4 heteroatoms. The second-order valence-corrected chi connectivity index (χ2v) is 9.15. The van der Waals surface area contributed by atoms with Crippen LogP contribution in [0.5, 0.6) is 0 Å². The second kappa shape index (κ2) is 13.0. The van der Waals surface area contributed by atoms with E-state index in [4.69, 9.17) is 0 Å². The van der Waals surface area contributed by atoms with Crippen LogP contribution in [0.25, 0.3) is 0 Å². The summed E-state index contributed by atoms with van der Waals surface area (Å²) in [4.78, 5) is 11.8. The minimum absolute atomic E-state index is 0.0984. The summed E-state index contributed by atoms with van der Waals surface area (Å²) in [5, 5.41) is 23.9. The Balaban J connectivity index is 1.79. The van der Waals surface area contributed by atoms with E-state index in [1.165, 1.54) is 5.57 Å². The monoisotopic (exact) mass is 415 g/mol. The molecule has 30 heavy (non-hydrogen) atoms. The summed E-state index contributed by atoms with van der Waals surface area (Å²) in [6.45, 7) is 6.74. The summed E-state index contributed by atoms with van der Waals surface area (Å²) >= 11 is 0. The van der Waals surface area contributed by atoms with Crippen LogP contribution in [-0.2, 0) is 4.79 Å². The van der Waals surface area contributed by atoms with Crippen LogP contribution in [0.3, 0.4) is 0 Å². The van der Waals surface area contributed by atoms with Gasteiger partial charge in [-0.05, 0) is 63.2 Å². The second-order valence-electron chi connectivity index (χ2n) is 9.15. The van der Waals surface area contributed by atoms with Gasteiger partial charge >= 0.3 is 0 Å². The molecule has 2 rings (SSSR count). The number of carbonyl (C=O) groups is 1. The third-order valence-electron chi connectivity index (χ3n) is 6.72. The van der Waals surface area contributed by atoms with Crippen LogP contribution in [0.15, 0.2) is 23.8 Å². The topological polar surface area (TPSA) is 69.6 Å². The van der Waals surface area contributed by atoms with Crippen molar-refractivity contribution in [2.45, 2.75) is 90.8 Å². The average Bonchev–Trinajstić information content (AvgIpc) is 3.24. The molecule has 1 amide bonds. The molecule has 0 aromatic carbocycles. The van der Waals surface area contributed by atoms with Crippen molar-refractivity contribution in [1.82, 2.24) is 5.32 Å². The van der Waals surface area contributed by atoms with E-state index in [1.807, 2.05) is 19.9 Å². The quantitative estimate of drug-likeness (QED) is 0.267. The summed E-state index contributed by atoms with van der Waals surface area (Å²) in [6, 6.07) is 0. The molecule has 0 aromatic rings. The number of carbonyl (C=O) groups excluding carboxylic acids is 1. The number of rotatable bonds is 11. The van der Waals surface area contributed by atoms with Crippen molar-refractivity contribution >= 4 is 5.91 Å². The fourth-order valence-corrected chi connectivity index (χ4v) is 4.82. The van der Waals surface area contributed by atoms with Crippen LogP contribution in [-0.4, -0.2) is 34.9 Å². The van der Waals surface area contributed by atoms with Gasteiger partial charge in [-0.2, -0.15) is 0 Å². The number of unbranched alkanes of at least 4 members (excludes halogenated alkanes) is 2. The molecule has 2 aliphatic rings. The zero-order valence-corrected chi connectivity index (χ0v) is 19.1. The highest BCUT2D eigenvalue weighted by Gasteiger charge is 2.44. The zero-order chi connectivity index (χ0) is 21.9. The normalized spacial score (nSPS) is 28.9. The molecule has 168 valence electrons. The van der Waals surface area contributed by atoms with Gasteiger partial charge in [0.15, 0.2) is 0 Å². The standard InChI is InChI=1S/C26H41NO3/c1-4-6-10-19(3)24(28)14-13-22-23-17-20(16-21(23)18-25(22)29)11-8-9-12-26(30)27-15-7-5-2/h11,13-14,19,21-25,28-29H,5,7-10,12,15-18H2,1-3H3,(H,27,30)/b14-13+,20-11+/t19-,21-,22+,23-,24+,25+/m0/s1. The molecule has 4 nitrogen and oxygen atoms in total. The predicted molar refractivity (Wildman–Crippen MR) is 123 cm³/mol. The Morgan fingerprint density at radius 3 is 2.87 bits per heavy atom. The van der Waals surface area contributed by atoms with Crippen LogP contribution in [0, 0.1) is 35.5 Å². The van der Waals surface area contributed by atoms with Gasteiger partial charge in [-0.25, -0.2) is 0 Å². The van der Waals surface area contributed by atoms with E-state index in [0.29, 0.717) is 24.7 Å². The Labute approximate surface area is 183 Å². The summed E-state index contributed by atoms with van der Waals surface area (Å²) < 4.78 is 0. The highest BCUT2D eigenvalue weighted by atomic mass is 16.3. The molecule has 3 N–H and O–H groups in total. The molecule has 0 unspecified atom stereocenters. The molecule has 0 aliphatic heterocycles. The first kappa shape index (κ1) is 24.7. The molecule has 2 saturated carbocycles. The van der Waals surface area contributed by atoms with Crippen molar-refractivity contribution < 1.29 is 15.0 Å². The van der Waals surface area contributed by atoms with Gasteiger partial charge in [-0.15, -0.1) is 11.8 Å². The largest absolute Gasteiger partial charge is 0.392 e. The Bertz CT molecular complexity index is 657. The Morgan fingerprint density at radius 1 is 1.33 bits per heavy atom. The SMILES string of the molecule is CC#CC[C@H](C)[C@H](O)/C=C/[C@@H]1[C@H]2C/C(=C/CCCC(=O)NCCCC)C[C@H]2C[C@H]1O. The number of nitrogens with one attached hydrogen (secondary N) is 1. The molecule has 2 aliphatic carbocycles. The first-order chi connectivity index (χ1) is 14.5. The van der Waals surface area contributed by atoms with E-state index in [9.17, 15) is 15.0 Å².